The quantitative estimate of drug-likeness (QED) is 0.898. The number of nitrogens with one attached hydrogen (secondary N) is 1. The van der Waals surface area contributed by atoms with Crippen LogP contribution in [0.25, 0.3) is 0 Å². The highest BCUT2D eigenvalue weighted by Crippen LogP contribution is 2.31. The average Bonchev–Trinajstić information content (AvgIpc) is 2.38. The first-order chi connectivity index (χ1) is 8.70. The van der Waals surface area contributed by atoms with Gasteiger partial charge in [0.1, 0.15) is 0 Å². The Morgan fingerprint density at radius 3 is 2.72 bits per heavy atom. The molecule has 1 heterocycles. The lowest BCUT2D eigenvalue weighted by Crippen LogP contribution is -2.24. The molecule has 0 spiro atoms. The molecule has 0 bridgehead atoms. The molecule has 1 saturated heterocycles. The van der Waals surface area contributed by atoms with E-state index in [1.54, 1.807) is 0 Å². The monoisotopic (exact) mass is 267 g/mol. The van der Waals surface area contributed by atoms with E-state index in [1.165, 1.54) is 24.0 Å². The summed E-state index contributed by atoms with van der Waals surface area (Å²) in [7, 11) is 2.01. The largest absolute Gasteiger partial charge is 0.381 e. The van der Waals surface area contributed by atoms with Crippen LogP contribution in [0.3, 0.4) is 0 Å². The third kappa shape index (κ3) is 3.47. The number of rotatable bonds is 4. The van der Waals surface area contributed by atoms with E-state index in [4.69, 9.17) is 16.3 Å². The van der Waals surface area contributed by atoms with Crippen molar-refractivity contribution in [3.8, 4) is 0 Å². The molecule has 0 radical (unpaired) electrons. The molecule has 0 aromatic heterocycles. The molecule has 0 amide bonds. The summed E-state index contributed by atoms with van der Waals surface area (Å²) >= 11 is 6.36. The second-order valence-corrected chi connectivity index (χ2v) is 5.56. The zero-order valence-electron chi connectivity index (χ0n) is 11.2. The van der Waals surface area contributed by atoms with Crippen LogP contribution in [0.2, 0.25) is 5.02 Å². The van der Waals surface area contributed by atoms with Gasteiger partial charge in [-0.2, -0.15) is 0 Å². The van der Waals surface area contributed by atoms with Crippen molar-refractivity contribution < 1.29 is 4.74 Å². The maximum absolute atomic E-state index is 6.36. The highest BCUT2D eigenvalue weighted by atomic mass is 35.5. The van der Waals surface area contributed by atoms with Gasteiger partial charge in [-0.1, -0.05) is 23.7 Å². The third-order valence-electron chi connectivity index (χ3n) is 3.79. The van der Waals surface area contributed by atoms with Crippen LogP contribution in [0.5, 0.6) is 0 Å². The summed E-state index contributed by atoms with van der Waals surface area (Å²) in [5, 5.41) is 4.28. The van der Waals surface area contributed by atoms with Crippen LogP contribution in [0.4, 0.5) is 0 Å². The highest BCUT2D eigenvalue weighted by Gasteiger charge is 2.20. The van der Waals surface area contributed by atoms with Crippen molar-refractivity contribution in [3.63, 3.8) is 0 Å². The van der Waals surface area contributed by atoms with Crippen molar-refractivity contribution in [2.75, 3.05) is 20.3 Å². The van der Waals surface area contributed by atoms with E-state index in [0.717, 1.165) is 30.6 Å². The molecule has 1 aliphatic rings. The van der Waals surface area contributed by atoms with Gasteiger partial charge in [0.25, 0.3) is 0 Å². The normalized spacial score (nSPS) is 18.8. The third-order valence-corrected chi connectivity index (χ3v) is 4.12. The number of benzene rings is 1. The fourth-order valence-corrected chi connectivity index (χ4v) is 3.00. The van der Waals surface area contributed by atoms with E-state index in [9.17, 15) is 0 Å². The van der Waals surface area contributed by atoms with Gasteiger partial charge < -0.3 is 10.1 Å². The molecule has 0 saturated carbocycles. The predicted octanol–water partition coefficient (Wildman–Crippen LogP) is 3.73. The van der Waals surface area contributed by atoms with Crippen molar-refractivity contribution in [1.82, 2.24) is 5.32 Å². The highest BCUT2D eigenvalue weighted by molar-refractivity contribution is 6.31. The van der Waals surface area contributed by atoms with Gasteiger partial charge in [0.05, 0.1) is 0 Å². The lowest BCUT2D eigenvalue weighted by atomic mass is 9.89. The average molecular weight is 268 g/mol. The molecule has 1 unspecified atom stereocenters. The van der Waals surface area contributed by atoms with Crippen molar-refractivity contribution in [1.29, 1.82) is 0 Å². The first kappa shape index (κ1) is 13.9. The SMILES string of the molecule is CNC(CC1CCOCC1)c1ccc(C)cc1Cl. The lowest BCUT2D eigenvalue weighted by Gasteiger charge is -2.27. The Bertz CT molecular complexity index is 388. The Hall–Kier alpha value is -0.570. The van der Waals surface area contributed by atoms with E-state index >= 15 is 0 Å². The molecular weight excluding hydrogens is 246 g/mol. The van der Waals surface area contributed by atoms with Crippen LogP contribution in [0.1, 0.15) is 36.4 Å². The lowest BCUT2D eigenvalue weighted by molar-refractivity contribution is 0.0608. The molecule has 2 nitrogen and oxygen atoms in total. The van der Waals surface area contributed by atoms with E-state index < -0.39 is 0 Å². The van der Waals surface area contributed by atoms with Gasteiger partial charge in [0, 0.05) is 24.3 Å². The smallest absolute Gasteiger partial charge is 0.0468 e. The molecule has 100 valence electrons. The van der Waals surface area contributed by atoms with E-state index in [-0.39, 0.29) is 0 Å². The van der Waals surface area contributed by atoms with Crippen LogP contribution < -0.4 is 5.32 Å². The summed E-state index contributed by atoms with van der Waals surface area (Å²) in [6.07, 6.45) is 3.48. The number of hydrogen-bond acceptors (Lipinski definition) is 2. The van der Waals surface area contributed by atoms with Crippen LogP contribution in [-0.4, -0.2) is 20.3 Å². The minimum Gasteiger partial charge on any atom is -0.381 e. The molecule has 1 fully saturated rings. The number of halogens is 1. The zero-order chi connectivity index (χ0) is 13.0. The summed E-state index contributed by atoms with van der Waals surface area (Å²) in [6, 6.07) is 6.68. The van der Waals surface area contributed by atoms with Gasteiger partial charge in [0.2, 0.25) is 0 Å². The summed E-state index contributed by atoms with van der Waals surface area (Å²) in [5.41, 5.74) is 2.43. The molecule has 1 atom stereocenters. The molecule has 18 heavy (non-hydrogen) atoms. The van der Waals surface area contributed by atoms with Crippen LogP contribution in [0.15, 0.2) is 18.2 Å². The van der Waals surface area contributed by atoms with E-state index in [0.29, 0.717) is 6.04 Å². The molecule has 0 aliphatic carbocycles. The predicted molar refractivity (Wildman–Crippen MR) is 76.1 cm³/mol. The Kier molecular flexibility index (Phi) is 5.04. The molecular formula is C15H22ClNO. The topological polar surface area (TPSA) is 21.3 Å². The molecule has 2 rings (SSSR count). The Morgan fingerprint density at radius 2 is 2.11 bits per heavy atom. The maximum atomic E-state index is 6.36. The fourth-order valence-electron chi connectivity index (χ4n) is 2.63. The molecule has 1 aromatic carbocycles. The second-order valence-electron chi connectivity index (χ2n) is 5.16. The number of hydrogen-bond donors (Lipinski definition) is 1. The summed E-state index contributed by atoms with van der Waals surface area (Å²) < 4.78 is 5.41. The van der Waals surface area contributed by atoms with Crippen molar-refractivity contribution in [3.05, 3.63) is 34.3 Å². The van der Waals surface area contributed by atoms with E-state index in [2.05, 4.69) is 24.4 Å². The first-order valence-corrected chi connectivity index (χ1v) is 7.09. The zero-order valence-corrected chi connectivity index (χ0v) is 12.0. The number of ether oxygens (including phenoxy) is 1. The van der Waals surface area contributed by atoms with Crippen LogP contribution in [-0.2, 0) is 4.74 Å². The van der Waals surface area contributed by atoms with Crippen molar-refractivity contribution in [2.24, 2.45) is 5.92 Å². The molecule has 1 aliphatic heterocycles. The summed E-state index contributed by atoms with van der Waals surface area (Å²) in [4.78, 5) is 0. The molecule has 3 heteroatoms. The Balaban J connectivity index is 2.07. The Labute approximate surface area is 115 Å². The summed E-state index contributed by atoms with van der Waals surface area (Å²) in [6.45, 7) is 3.88. The Morgan fingerprint density at radius 1 is 1.39 bits per heavy atom. The standard InChI is InChI=1S/C15H22ClNO/c1-11-3-4-13(14(16)9-11)15(17-2)10-12-5-7-18-8-6-12/h3-4,9,12,15,17H,5-8,10H2,1-2H3. The van der Waals surface area contributed by atoms with E-state index in [1.807, 2.05) is 13.1 Å². The minimum atomic E-state index is 0.348. The van der Waals surface area contributed by atoms with Crippen LogP contribution in [0, 0.1) is 12.8 Å². The molecule has 1 N–H and O–H groups in total. The first-order valence-electron chi connectivity index (χ1n) is 6.71. The fraction of sp³-hybridized carbons (Fsp3) is 0.600. The van der Waals surface area contributed by atoms with Gasteiger partial charge >= 0.3 is 0 Å². The van der Waals surface area contributed by atoms with Crippen molar-refractivity contribution >= 4 is 11.6 Å². The minimum absolute atomic E-state index is 0.348. The van der Waals surface area contributed by atoms with Gasteiger partial charge in [-0.25, -0.2) is 0 Å². The maximum Gasteiger partial charge on any atom is 0.0468 e. The molecule has 1 aromatic rings. The van der Waals surface area contributed by atoms with Gasteiger partial charge in [-0.15, -0.1) is 0 Å². The van der Waals surface area contributed by atoms with Gasteiger partial charge in [0.15, 0.2) is 0 Å². The second kappa shape index (κ2) is 6.55. The van der Waals surface area contributed by atoms with Crippen LogP contribution >= 0.6 is 11.6 Å². The number of aryl methyl sites for hydroxylation is 1. The van der Waals surface area contributed by atoms with Gasteiger partial charge in [-0.05, 0) is 56.3 Å². The van der Waals surface area contributed by atoms with Crippen molar-refractivity contribution in [2.45, 2.75) is 32.2 Å². The summed E-state index contributed by atoms with van der Waals surface area (Å²) in [5.74, 6) is 0.744. The van der Waals surface area contributed by atoms with Gasteiger partial charge in [-0.3, -0.25) is 0 Å².